The van der Waals surface area contributed by atoms with Crippen LogP contribution in [0, 0.1) is 0 Å². The number of hydrogen-bond donors (Lipinski definition) is 1. The fraction of sp³-hybridized carbons (Fsp3) is 0.143. The van der Waals surface area contributed by atoms with Crippen molar-refractivity contribution in [3.05, 3.63) is 52.0 Å². The highest BCUT2D eigenvalue weighted by molar-refractivity contribution is 6.42. The van der Waals surface area contributed by atoms with E-state index in [4.69, 9.17) is 23.2 Å². The Labute approximate surface area is 121 Å². The van der Waals surface area contributed by atoms with E-state index >= 15 is 0 Å². The molecule has 5 heteroatoms. The molecule has 0 aliphatic rings. The van der Waals surface area contributed by atoms with E-state index in [1.807, 2.05) is 13.0 Å². The molecule has 0 spiro atoms. The molecule has 0 fully saturated rings. The van der Waals surface area contributed by atoms with Crippen LogP contribution in [-0.2, 0) is 6.42 Å². The first kappa shape index (κ1) is 13.8. The number of benzene rings is 2. The summed E-state index contributed by atoms with van der Waals surface area (Å²) < 4.78 is 0. The lowest BCUT2D eigenvalue weighted by Gasteiger charge is -2.01. The quantitative estimate of drug-likeness (QED) is 0.728. The van der Waals surface area contributed by atoms with Crippen LogP contribution in [-0.4, -0.2) is 5.11 Å². The summed E-state index contributed by atoms with van der Waals surface area (Å²) in [5.41, 5.74) is 2.10. The molecule has 19 heavy (non-hydrogen) atoms. The van der Waals surface area contributed by atoms with Gasteiger partial charge in [-0.3, -0.25) is 0 Å². The first-order valence-corrected chi connectivity index (χ1v) is 6.54. The molecule has 0 unspecified atom stereocenters. The summed E-state index contributed by atoms with van der Waals surface area (Å²) in [7, 11) is 0. The predicted octanol–water partition coefficient (Wildman–Crippen LogP) is 5.68. The van der Waals surface area contributed by atoms with Gasteiger partial charge in [0, 0.05) is 0 Å². The molecule has 98 valence electrons. The Morgan fingerprint density at radius 2 is 1.79 bits per heavy atom. The van der Waals surface area contributed by atoms with E-state index in [0.717, 1.165) is 12.0 Å². The minimum atomic E-state index is 0.0982. The van der Waals surface area contributed by atoms with Gasteiger partial charge in [-0.15, -0.1) is 5.11 Å². The Bertz CT molecular complexity index is 627. The molecule has 0 heterocycles. The molecule has 0 saturated heterocycles. The summed E-state index contributed by atoms with van der Waals surface area (Å²) >= 11 is 11.7. The van der Waals surface area contributed by atoms with Crippen LogP contribution in [0.5, 0.6) is 5.75 Å². The number of phenolic OH excluding ortho intramolecular Hbond substituents is 1. The van der Waals surface area contributed by atoms with Gasteiger partial charge in [0.05, 0.1) is 15.7 Å². The Hall–Kier alpha value is -1.58. The second-order valence-electron chi connectivity index (χ2n) is 3.98. The fourth-order valence-electron chi connectivity index (χ4n) is 1.53. The number of aryl methyl sites for hydroxylation is 1. The molecule has 2 rings (SSSR count). The number of nitrogens with zero attached hydrogens (tertiary/aromatic N) is 2. The maximum atomic E-state index is 9.71. The molecule has 0 bridgehead atoms. The zero-order chi connectivity index (χ0) is 13.8. The van der Waals surface area contributed by atoms with Crippen LogP contribution < -0.4 is 0 Å². The first-order valence-electron chi connectivity index (χ1n) is 5.79. The third-order valence-electron chi connectivity index (χ3n) is 2.62. The van der Waals surface area contributed by atoms with E-state index in [1.54, 1.807) is 30.3 Å². The van der Waals surface area contributed by atoms with Crippen molar-refractivity contribution in [2.24, 2.45) is 10.2 Å². The van der Waals surface area contributed by atoms with Crippen molar-refractivity contribution in [1.29, 1.82) is 0 Å². The predicted molar refractivity (Wildman–Crippen MR) is 78.1 cm³/mol. The molecule has 0 aliphatic carbocycles. The van der Waals surface area contributed by atoms with E-state index in [-0.39, 0.29) is 5.75 Å². The van der Waals surface area contributed by atoms with Crippen LogP contribution in [0.4, 0.5) is 11.4 Å². The summed E-state index contributed by atoms with van der Waals surface area (Å²) in [6.45, 7) is 2.03. The Kier molecular flexibility index (Phi) is 4.40. The summed E-state index contributed by atoms with van der Waals surface area (Å²) in [5, 5.41) is 18.7. The highest BCUT2D eigenvalue weighted by Gasteiger charge is 2.02. The maximum Gasteiger partial charge on any atom is 0.143 e. The highest BCUT2D eigenvalue weighted by atomic mass is 35.5. The lowest BCUT2D eigenvalue weighted by atomic mass is 10.1. The molecule has 0 saturated carbocycles. The van der Waals surface area contributed by atoms with Crippen molar-refractivity contribution in [3.63, 3.8) is 0 Å². The van der Waals surface area contributed by atoms with Gasteiger partial charge in [-0.2, -0.15) is 5.11 Å². The van der Waals surface area contributed by atoms with Crippen LogP contribution in [0.3, 0.4) is 0 Å². The molecule has 3 nitrogen and oxygen atoms in total. The molecule has 0 amide bonds. The first-order chi connectivity index (χ1) is 9.10. The molecule has 2 aromatic rings. The average Bonchev–Trinajstić information content (AvgIpc) is 2.41. The van der Waals surface area contributed by atoms with Crippen LogP contribution in [0.1, 0.15) is 12.5 Å². The molecular formula is C14H12Cl2N2O. The topological polar surface area (TPSA) is 45.0 Å². The van der Waals surface area contributed by atoms with Crippen molar-refractivity contribution in [1.82, 2.24) is 0 Å². The van der Waals surface area contributed by atoms with Crippen molar-refractivity contribution in [3.8, 4) is 5.75 Å². The standard InChI is InChI=1S/C14H12Cl2N2O/c1-2-9-3-6-14(19)13(7-9)18-17-10-4-5-11(15)12(16)8-10/h3-8,19H,2H2,1H3. The zero-order valence-corrected chi connectivity index (χ0v) is 11.8. The van der Waals surface area contributed by atoms with Gasteiger partial charge in [0.1, 0.15) is 11.4 Å². The molecule has 0 aromatic heterocycles. The number of phenols is 1. The lowest BCUT2D eigenvalue weighted by Crippen LogP contribution is -1.78. The average molecular weight is 295 g/mol. The van der Waals surface area contributed by atoms with E-state index in [0.29, 0.717) is 21.4 Å². The molecular weight excluding hydrogens is 283 g/mol. The lowest BCUT2D eigenvalue weighted by molar-refractivity contribution is 0.476. The summed E-state index contributed by atoms with van der Waals surface area (Å²) in [6.07, 6.45) is 0.871. The van der Waals surface area contributed by atoms with Crippen molar-refractivity contribution in [2.75, 3.05) is 0 Å². The van der Waals surface area contributed by atoms with Gasteiger partial charge < -0.3 is 5.11 Å². The minimum Gasteiger partial charge on any atom is -0.506 e. The van der Waals surface area contributed by atoms with Crippen molar-refractivity contribution < 1.29 is 5.11 Å². The molecule has 1 N–H and O–H groups in total. The second kappa shape index (κ2) is 6.04. The summed E-state index contributed by atoms with van der Waals surface area (Å²) in [4.78, 5) is 0. The smallest absolute Gasteiger partial charge is 0.143 e. The van der Waals surface area contributed by atoms with E-state index in [1.165, 1.54) is 0 Å². The van der Waals surface area contributed by atoms with Gasteiger partial charge in [0.15, 0.2) is 0 Å². The van der Waals surface area contributed by atoms with Crippen molar-refractivity contribution >= 4 is 34.6 Å². The monoisotopic (exact) mass is 294 g/mol. The van der Waals surface area contributed by atoms with E-state index < -0.39 is 0 Å². The molecule has 0 atom stereocenters. The van der Waals surface area contributed by atoms with Crippen LogP contribution in [0.15, 0.2) is 46.6 Å². The second-order valence-corrected chi connectivity index (χ2v) is 4.79. The van der Waals surface area contributed by atoms with Gasteiger partial charge in [-0.25, -0.2) is 0 Å². The Balaban J connectivity index is 2.29. The van der Waals surface area contributed by atoms with Gasteiger partial charge >= 0.3 is 0 Å². The number of azo groups is 1. The van der Waals surface area contributed by atoms with Crippen molar-refractivity contribution in [2.45, 2.75) is 13.3 Å². The minimum absolute atomic E-state index is 0.0982. The number of halogens is 2. The van der Waals surface area contributed by atoms with E-state index in [9.17, 15) is 5.11 Å². The SMILES string of the molecule is CCc1ccc(O)c(N=Nc2ccc(Cl)c(Cl)c2)c1. The highest BCUT2D eigenvalue weighted by Crippen LogP contribution is 2.31. The van der Waals surface area contributed by atoms with Gasteiger partial charge in [-0.05, 0) is 42.3 Å². The normalized spacial score (nSPS) is 11.1. The maximum absolute atomic E-state index is 9.71. The number of hydrogen-bond acceptors (Lipinski definition) is 3. The van der Waals surface area contributed by atoms with Crippen LogP contribution >= 0.6 is 23.2 Å². The molecule has 0 aliphatic heterocycles. The third kappa shape index (κ3) is 3.46. The zero-order valence-electron chi connectivity index (χ0n) is 10.3. The largest absolute Gasteiger partial charge is 0.506 e. The Morgan fingerprint density at radius 1 is 1.00 bits per heavy atom. The van der Waals surface area contributed by atoms with Gasteiger partial charge in [0.25, 0.3) is 0 Å². The number of rotatable bonds is 3. The van der Waals surface area contributed by atoms with Gasteiger partial charge in [-0.1, -0.05) is 36.2 Å². The fourth-order valence-corrected chi connectivity index (χ4v) is 1.82. The summed E-state index contributed by atoms with van der Waals surface area (Å²) in [6, 6.07) is 10.2. The molecule has 0 radical (unpaired) electrons. The van der Waals surface area contributed by atoms with Crippen LogP contribution in [0.25, 0.3) is 0 Å². The Morgan fingerprint density at radius 3 is 2.47 bits per heavy atom. The van der Waals surface area contributed by atoms with Gasteiger partial charge in [0.2, 0.25) is 0 Å². The molecule has 2 aromatic carbocycles. The van der Waals surface area contributed by atoms with Crippen LogP contribution in [0.2, 0.25) is 10.0 Å². The number of aromatic hydroxyl groups is 1. The summed E-state index contributed by atoms with van der Waals surface area (Å²) in [5.74, 6) is 0.0982. The van der Waals surface area contributed by atoms with E-state index in [2.05, 4.69) is 10.2 Å². The third-order valence-corrected chi connectivity index (χ3v) is 3.36.